The number of hydrogen-bond donors (Lipinski definition) is 0. The molecule has 0 N–H and O–H groups in total. The normalized spacial score (nSPS) is 9.14. The number of nitrogens with zero attached hydrogens (tertiary/aromatic N) is 1. The fourth-order valence-electron chi connectivity index (χ4n) is 0.875. The van der Waals surface area contributed by atoms with Crippen LogP contribution in [0.25, 0.3) is 0 Å². The van der Waals surface area contributed by atoms with E-state index in [4.69, 9.17) is 10.00 Å². The third-order valence-corrected chi connectivity index (χ3v) is 2.73. The highest BCUT2D eigenvalue weighted by molar-refractivity contribution is 7.99. The minimum atomic E-state index is 0.589. The Balaban J connectivity index is 2.53. The van der Waals surface area contributed by atoms with Crippen molar-refractivity contribution in [2.24, 2.45) is 0 Å². The quantitative estimate of drug-likeness (QED) is 0.559. The average Bonchev–Trinajstić information content (AvgIpc) is 2.26. The minimum absolute atomic E-state index is 0.589. The molecule has 0 amide bonds. The molecule has 0 saturated heterocycles. The molecule has 72 valence electrons. The Morgan fingerprint density at radius 3 is 2.64 bits per heavy atom. The van der Waals surface area contributed by atoms with Crippen LogP contribution in [0, 0.1) is 11.3 Å². The molecule has 0 aliphatic heterocycles. The standard InChI is InChI=1S/C11H11NOS/c1-9(7-12)8-14-11-5-3-10(13-2)4-6-11/h3-6H,1,8H2,2H3. The van der Waals surface area contributed by atoms with Gasteiger partial charge in [-0.2, -0.15) is 5.26 Å². The Labute approximate surface area is 88.2 Å². The van der Waals surface area contributed by atoms with Crippen molar-refractivity contribution in [2.75, 3.05) is 12.9 Å². The van der Waals surface area contributed by atoms with E-state index >= 15 is 0 Å². The summed E-state index contributed by atoms with van der Waals surface area (Å²) in [6.07, 6.45) is 0. The van der Waals surface area contributed by atoms with Gasteiger partial charge in [-0.3, -0.25) is 0 Å². The second-order valence-electron chi connectivity index (χ2n) is 2.68. The number of methoxy groups -OCH3 is 1. The molecule has 0 saturated carbocycles. The molecule has 1 rings (SSSR count). The molecule has 0 aromatic heterocycles. The van der Waals surface area contributed by atoms with E-state index in [2.05, 4.69) is 6.58 Å². The second kappa shape index (κ2) is 5.36. The molecule has 0 bridgehead atoms. The molecular formula is C11H11NOS. The first kappa shape index (κ1) is 10.7. The summed E-state index contributed by atoms with van der Waals surface area (Å²) in [5.41, 5.74) is 0.589. The summed E-state index contributed by atoms with van der Waals surface area (Å²) in [6.45, 7) is 3.62. The van der Waals surface area contributed by atoms with Crippen molar-refractivity contribution in [3.8, 4) is 11.8 Å². The van der Waals surface area contributed by atoms with Crippen LogP contribution in [0.15, 0.2) is 41.3 Å². The van der Waals surface area contributed by atoms with Gasteiger partial charge in [-0.25, -0.2) is 0 Å². The van der Waals surface area contributed by atoms with Crippen LogP contribution in [0.4, 0.5) is 0 Å². The maximum absolute atomic E-state index is 8.51. The Kier molecular flexibility index (Phi) is 4.09. The molecule has 0 fully saturated rings. The van der Waals surface area contributed by atoms with Crippen LogP contribution >= 0.6 is 11.8 Å². The number of rotatable bonds is 4. The molecular weight excluding hydrogens is 194 g/mol. The van der Waals surface area contributed by atoms with Crippen molar-refractivity contribution in [1.29, 1.82) is 5.26 Å². The largest absolute Gasteiger partial charge is 0.497 e. The van der Waals surface area contributed by atoms with Crippen LogP contribution in [0.1, 0.15) is 0 Å². The lowest BCUT2D eigenvalue weighted by atomic mass is 10.3. The first-order valence-corrected chi connectivity index (χ1v) is 5.09. The van der Waals surface area contributed by atoms with Crippen LogP contribution in [-0.2, 0) is 0 Å². The highest BCUT2D eigenvalue weighted by Gasteiger charge is 1.96. The monoisotopic (exact) mass is 205 g/mol. The third-order valence-electron chi connectivity index (χ3n) is 1.63. The van der Waals surface area contributed by atoms with Crippen molar-refractivity contribution in [1.82, 2.24) is 0 Å². The summed E-state index contributed by atoms with van der Waals surface area (Å²) in [6, 6.07) is 9.75. The summed E-state index contributed by atoms with van der Waals surface area (Å²) in [5.74, 6) is 1.48. The van der Waals surface area contributed by atoms with E-state index in [0.717, 1.165) is 10.6 Å². The van der Waals surface area contributed by atoms with E-state index in [1.807, 2.05) is 30.3 Å². The highest BCUT2D eigenvalue weighted by atomic mass is 32.2. The van der Waals surface area contributed by atoms with Crippen molar-refractivity contribution in [3.05, 3.63) is 36.4 Å². The molecule has 0 aliphatic rings. The van der Waals surface area contributed by atoms with Gasteiger partial charge in [0, 0.05) is 16.2 Å². The number of thioether (sulfide) groups is 1. The predicted octanol–water partition coefficient (Wildman–Crippen LogP) is 2.87. The van der Waals surface area contributed by atoms with Gasteiger partial charge in [0.2, 0.25) is 0 Å². The minimum Gasteiger partial charge on any atom is -0.497 e. The third kappa shape index (κ3) is 3.15. The zero-order valence-corrected chi connectivity index (χ0v) is 8.80. The maximum atomic E-state index is 8.51. The van der Waals surface area contributed by atoms with Gasteiger partial charge in [-0.05, 0) is 24.3 Å². The molecule has 0 spiro atoms. The van der Waals surface area contributed by atoms with Gasteiger partial charge < -0.3 is 4.74 Å². The van der Waals surface area contributed by atoms with Gasteiger partial charge >= 0.3 is 0 Å². The van der Waals surface area contributed by atoms with Crippen LogP contribution in [-0.4, -0.2) is 12.9 Å². The molecule has 0 heterocycles. The topological polar surface area (TPSA) is 33.0 Å². The highest BCUT2D eigenvalue weighted by Crippen LogP contribution is 2.22. The van der Waals surface area contributed by atoms with Gasteiger partial charge in [0.05, 0.1) is 13.2 Å². The van der Waals surface area contributed by atoms with E-state index in [-0.39, 0.29) is 0 Å². The first-order chi connectivity index (χ1) is 6.76. The summed E-state index contributed by atoms with van der Waals surface area (Å²) in [7, 11) is 1.64. The van der Waals surface area contributed by atoms with E-state index < -0.39 is 0 Å². The molecule has 1 aromatic rings. The van der Waals surface area contributed by atoms with Crippen molar-refractivity contribution >= 4 is 11.8 Å². The van der Waals surface area contributed by atoms with Crippen LogP contribution in [0.2, 0.25) is 0 Å². The Morgan fingerprint density at radius 2 is 2.14 bits per heavy atom. The van der Waals surface area contributed by atoms with E-state index in [0.29, 0.717) is 11.3 Å². The molecule has 0 aliphatic carbocycles. The van der Waals surface area contributed by atoms with Crippen molar-refractivity contribution in [3.63, 3.8) is 0 Å². The lowest BCUT2D eigenvalue weighted by Gasteiger charge is -2.01. The van der Waals surface area contributed by atoms with Gasteiger partial charge in [0.15, 0.2) is 0 Å². The Hall–Kier alpha value is -1.40. The second-order valence-corrected chi connectivity index (χ2v) is 3.73. The lowest BCUT2D eigenvalue weighted by molar-refractivity contribution is 0.414. The molecule has 0 radical (unpaired) electrons. The smallest absolute Gasteiger partial charge is 0.118 e. The summed E-state index contributed by atoms with van der Waals surface area (Å²) >= 11 is 1.59. The molecule has 2 nitrogen and oxygen atoms in total. The maximum Gasteiger partial charge on any atom is 0.118 e. The lowest BCUT2D eigenvalue weighted by Crippen LogP contribution is -1.83. The summed E-state index contributed by atoms with van der Waals surface area (Å²) < 4.78 is 5.04. The average molecular weight is 205 g/mol. The Bertz CT molecular complexity index is 351. The van der Waals surface area contributed by atoms with Crippen molar-refractivity contribution in [2.45, 2.75) is 4.90 Å². The first-order valence-electron chi connectivity index (χ1n) is 4.11. The summed E-state index contributed by atoms with van der Waals surface area (Å²) in [5, 5.41) is 8.51. The SMILES string of the molecule is C=C(C#N)CSc1ccc(OC)cc1. The zero-order valence-electron chi connectivity index (χ0n) is 7.99. The number of ether oxygens (including phenoxy) is 1. The fourth-order valence-corrected chi connectivity index (χ4v) is 1.61. The van der Waals surface area contributed by atoms with E-state index in [1.165, 1.54) is 0 Å². The molecule has 1 aromatic carbocycles. The number of hydrogen-bond acceptors (Lipinski definition) is 3. The molecule has 3 heteroatoms. The zero-order chi connectivity index (χ0) is 10.4. The van der Waals surface area contributed by atoms with E-state index in [1.54, 1.807) is 18.9 Å². The van der Waals surface area contributed by atoms with Gasteiger partial charge in [0.25, 0.3) is 0 Å². The Morgan fingerprint density at radius 1 is 1.50 bits per heavy atom. The summed E-state index contributed by atoms with van der Waals surface area (Å²) in [4.78, 5) is 1.11. The molecule has 0 unspecified atom stereocenters. The van der Waals surface area contributed by atoms with Crippen LogP contribution in [0.5, 0.6) is 5.75 Å². The number of nitriles is 1. The van der Waals surface area contributed by atoms with Crippen molar-refractivity contribution < 1.29 is 4.74 Å². The van der Waals surface area contributed by atoms with E-state index in [9.17, 15) is 0 Å². The molecule has 0 atom stereocenters. The molecule has 14 heavy (non-hydrogen) atoms. The van der Waals surface area contributed by atoms with Crippen LogP contribution < -0.4 is 4.74 Å². The van der Waals surface area contributed by atoms with Crippen LogP contribution in [0.3, 0.4) is 0 Å². The van der Waals surface area contributed by atoms with Gasteiger partial charge in [0.1, 0.15) is 5.75 Å². The van der Waals surface area contributed by atoms with Gasteiger partial charge in [-0.1, -0.05) is 6.58 Å². The fraction of sp³-hybridized carbons (Fsp3) is 0.182. The predicted molar refractivity (Wildman–Crippen MR) is 58.5 cm³/mol. The number of benzene rings is 1. The van der Waals surface area contributed by atoms with Gasteiger partial charge in [-0.15, -0.1) is 11.8 Å².